The van der Waals surface area contributed by atoms with Crippen LogP contribution in [0.2, 0.25) is 0 Å². The SMILES string of the molecule is CCC[C@@](C)(O)c1ccc(C)cc1. The van der Waals surface area contributed by atoms with E-state index in [1.54, 1.807) is 0 Å². The summed E-state index contributed by atoms with van der Waals surface area (Å²) in [6.45, 7) is 6.02. The lowest BCUT2D eigenvalue weighted by Crippen LogP contribution is -2.20. The van der Waals surface area contributed by atoms with E-state index in [1.807, 2.05) is 31.2 Å². The molecule has 0 radical (unpaired) electrons. The predicted octanol–water partition coefficient (Wildman–Crippen LogP) is 3.00. The summed E-state index contributed by atoms with van der Waals surface area (Å²) in [6, 6.07) is 8.09. The second-order valence-corrected chi connectivity index (χ2v) is 3.89. The van der Waals surface area contributed by atoms with Crippen molar-refractivity contribution in [2.45, 2.75) is 39.2 Å². The highest BCUT2D eigenvalue weighted by atomic mass is 16.3. The number of rotatable bonds is 3. The number of hydrogen-bond acceptors (Lipinski definition) is 1. The molecule has 0 bridgehead atoms. The van der Waals surface area contributed by atoms with Crippen LogP contribution in [-0.4, -0.2) is 5.11 Å². The van der Waals surface area contributed by atoms with Crippen LogP contribution < -0.4 is 0 Å². The van der Waals surface area contributed by atoms with E-state index in [2.05, 4.69) is 13.8 Å². The summed E-state index contributed by atoms with van der Waals surface area (Å²) < 4.78 is 0. The van der Waals surface area contributed by atoms with Gasteiger partial charge < -0.3 is 5.11 Å². The van der Waals surface area contributed by atoms with Crippen LogP contribution in [0.1, 0.15) is 37.8 Å². The van der Waals surface area contributed by atoms with Gasteiger partial charge in [-0.05, 0) is 25.8 Å². The average Bonchev–Trinajstić information content (AvgIpc) is 2.05. The first kappa shape index (κ1) is 10.3. The normalized spacial score (nSPS) is 15.4. The maximum atomic E-state index is 10.1. The molecule has 1 rings (SSSR count). The molecule has 1 atom stereocenters. The fourth-order valence-electron chi connectivity index (χ4n) is 1.54. The minimum absolute atomic E-state index is 0.664. The lowest BCUT2D eigenvalue weighted by atomic mass is 9.91. The second kappa shape index (κ2) is 3.93. The number of aliphatic hydroxyl groups is 1. The van der Waals surface area contributed by atoms with Crippen molar-refractivity contribution in [3.63, 3.8) is 0 Å². The van der Waals surface area contributed by atoms with Gasteiger partial charge in [0, 0.05) is 0 Å². The molecular weight excluding hydrogens is 160 g/mol. The summed E-state index contributed by atoms with van der Waals surface area (Å²) in [5, 5.41) is 10.1. The van der Waals surface area contributed by atoms with E-state index in [1.165, 1.54) is 5.56 Å². The van der Waals surface area contributed by atoms with E-state index in [0.717, 1.165) is 18.4 Å². The molecule has 0 amide bonds. The highest BCUT2D eigenvalue weighted by molar-refractivity contribution is 5.25. The van der Waals surface area contributed by atoms with Gasteiger partial charge in [0.2, 0.25) is 0 Å². The molecule has 0 saturated carbocycles. The largest absolute Gasteiger partial charge is 0.385 e. The summed E-state index contributed by atoms with van der Waals surface area (Å²) in [5.41, 5.74) is 1.58. The van der Waals surface area contributed by atoms with E-state index in [9.17, 15) is 5.11 Å². The molecule has 72 valence electrons. The molecule has 0 heterocycles. The van der Waals surface area contributed by atoms with Gasteiger partial charge in [-0.15, -0.1) is 0 Å². The lowest BCUT2D eigenvalue weighted by molar-refractivity contribution is 0.0470. The van der Waals surface area contributed by atoms with Gasteiger partial charge in [-0.1, -0.05) is 43.2 Å². The summed E-state index contributed by atoms with van der Waals surface area (Å²) in [4.78, 5) is 0. The summed E-state index contributed by atoms with van der Waals surface area (Å²) in [5.74, 6) is 0. The van der Waals surface area contributed by atoms with Gasteiger partial charge in [-0.25, -0.2) is 0 Å². The minimum atomic E-state index is -0.664. The Morgan fingerprint density at radius 1 is 1.23 bits per heavy atom. The van der Waals surface area contributed by atoms with Gasteiger partial charge in [0.15, 0.2) is 0 Å². The molecule has 0 aliphatic carbocycles. The summed E-state index contributed by atoms with van der Waals surface area (Å²) in [7, 11) is 0. The third-order valence-corrected chi connectivity index (χ3v) is 2.41. The molecule has 0 spiro atoms. The predicted molar refractivity (Wildman–Crippen MR) is 55.7 cm³/mol. The maximum Gasteiger partial charge on any atom is 0.0868 e. The Labute approximate surface area is 80.4 Å². The molecule has 0 fully saturated rings. The minimum Gasteiger partial charge on any atom is -0.385 e. The first-order chi connectivity index (χ1) is 6.06. The zero-order chi connectivity index (χ0) is 9.90. The highest BCUT2D eigenvalue weighted by Crippen LogP contribution is 2.25. The first-order valence-corrected chi connectivity index (χ1v) is 4.86. The zero-order valence-electron chi connectivity index (χ0n) is 8.67. The van der Waals surface area contributed by atoms with Crippen LogP contribution in [0.25, 0.3) is 0 Å². The lowest BCUT2D eigenvalue weighted by Gasteiger charge is -2.23. The van der Waals surface area contributed by atoms with E-state index >= 15 is 0 Å². The molecule has 1 nitrogen and oxygen atoms in total. The van der Waals surface area contributed by atoms with E-state index in [-0.39, 0.29) is 0 Å². The van der Waals surface area contributed by atoms with E-state index < -0.39 is 5.60 Å². The molecule has 0 aliphatic rings. The Bertz CT molecular complexity index is 259. The monoisotopic (exact) mass is 178 g/mol. The first-order valence-electron chi connectivity index (χ1n) is 4.86. The van der Waals surface area contributed by atoms with Crippen LogP contribution in [-0.2, 0) is 5.60 Å². The maximum absolute atomic E-state index is 10.1. The molecule has 1 heteroatoms. The van der Waals surface area contributed by atoms with Crippen molar-refractivity contribution in [1.29, 1.82) is 0 Å². The van der Waals surface area contributed by atoms with Crippen molar-refractivity contribution >= 4 is 0 Å². The van der Waals surface area contributed by atoms with Crippen LogP contribution in [0.5, 0.6) is 0 Å². The van der Waals surface area contributed by atoms with Gasteiger partial charge in [0.1, 0.15) is 0 Å². The number of aryl methyl sites for hydroxylation is 1. The quantitative estimate of drug-likeness (QED) is 0.754. The molecule has 0 aromatic heterocycles. The van der Waals surface area contributed by atoms with Gasteiger partial charge >= 0.3 is 0 Å². The molecule has 0 saturated heterocycles. The molecule has 0 aliphatic heterocycles. The van der Waals surface area contributed by atoms with Crippen LogP contribution in [0.3, 0.4) is 0 Å². The fourth-order valence-corrected chi connectivity index (χ4v) is 1.54. The number of benzene rings is 1. The van der Waals surface area contributed by atoms with Gasteiger partial charge in [-0.3, -0.25) is 0 Å². The Morgan fingerprint density at radius 3 is 2.23 bits per heavy atom. The van der Waals surface area contributed by atoms with Crippen LogP contribution >= 0.6 is 0 Å². The average molecular weight is 178 g/mol. The third-order valence-electron chi connectivity index (χ3n) is 2.41. The molecule has 0 unspecified atom stereocenters. The molecule has 1 aromatic carbocycles. The zero-order valence-corrected chi connectivity index (χ0v) is 8.67. The topological polar surface area (TPSA) is 20.2 Å². The van der Waals surface area contributed by atoms with E-state index in [4.69, 9.17) is 0 Å². The van der Waals surface area contributed by atoms with Crippen LogP contribution in [0.4, 0.5) is 0 Å². The summed E-state index contributed by atoms with van der Waals surface area (Å²) >= 11 is 0. The van der Waals surface area contributed by atoms with Crippen molar-refractivity contribution in [2.75, 3.05) is 0 Å². The van der Waals surface area contributed by atoms with Gasteiger partial charge in [-0.2, -0.15) is 0 Å². The van der Waals surface area contributed by atoms with Gasteiger partial charge in [0.05, 0.1) is 5.60 Å². The van der Waals surface area contributed by atoms with Crippen molar-refractivity contribution < 1.29 is 5.11 Å². The Kier molecular flexibility index (Phi) is 3.10. The third kappa shape index (κ3) is 2.56. The van der Waals surface area contributed by atoms with Crippen molar-refractivity contribution in [2.24, 2.45) is 0 Å². The highest BCUT2D eigenvalue weighted by Gasteiger charge is 2.20. The number of hydrogen-bond donors (Lipinski definition) is 1. The van der Waals surface area contributed by atoms with Crippen LogP contribution in [0.15, 0.2) is 24.3 Å². The van der Waals surface area contributed by atoms with E-state index in [0.29, 0.717) is 0 Å². The Morgan fingerprint density at radius 2 is 1.77 bits per heavy atom. The standard InChI is InChI=1S/C12H18O/c1-4-9-12(3,13)11-7-5-10(2)6-8-11/h5-8,13H,4,9H2,1-3H3/t12-/m1/s1. The molecule has 1 aromatic rings. The van der Waals surface area contributed by atoms with Crippen LogP contribution in [0, 0.1) is 6.92 Å². The smallest absolute Gasteiger partial charge is 0.0868 e. The second-order valence-electron chi connectivity index (χ2n) is 3.89. The van der Waals surface area contributed by atoms with Crippen molar-refractivity contribution in [1.82, 2.24) is 0 Å². The van der Waals surface area contributed by atoms with Crippen molar-refractivity contribution in [3.05, 3.63) is 35.4 Å². The molecule has 13 heavy (non-hydrogen) atoms. The Hall–Kier alpha value is -0.820. The fraction of sp³-hybridized carbons (Fsp3) is 0.500. The summed E-state index contributed by atoms with van der Waals surface area (Å²) in [6.07, 6.45) is 1.82. The van der Waals surface area contributed by atoms with Gasteiger partial charge in [0.25, 0.3) is 0 Å². The van der Waals surface area contributed by atoms with Crippen molar-refractivity contribution in [3.8, 4) is 0 Å². The molecular formula is C12H18O. The Balaban J connectivity index is 2.87. The molecule has 1 N–H and O–H groups in total.